The zero-order chi connectivity index (χ0) is 24.9. The first-order valence-electron chi connectivity index (χ1n) is 14.2. The summed E-state index contributed by atoms with van der Waals surface area (Å²) in [5.74, 6) is 2.72. The van der Waals surface area contributed by atoms with Crippen molar-refractivity contribution in [1.29, 1.82) is 0 Å². The van der Waals surface area contributed by atoms with Gasteiger partial charge in [-0.25, -0.2) is 0 Å². The number of allylic oxidation sites excluding steroid dienone is 1. The van der Waals surface area contributed by atoms with E-state index in [4.69, 9.17) is 4.74 Å². The molecule has 0 amide bonds. The molecule has 0 spiro atoms. The number of fused-ring (bicyclic) bond motifs is 7. The molecular weight excluding hydrogens is 420 g/mol. The van der Waals surface area contributed by atoms with Gasteiger partial charge in [-0.3, -0.25) is 4.79 Å². The number of hydrogen-bond donors (Lipinski definition) is 1. The highest BCUT2D eigenvalue weighted by molar-refractivity contribution is 5.78. The molecule has 0 aromatic heterocycles. The Kier molecular flexibility index (Phi) is 5.55. The summed E-state index contributed by atoms with van der Waals surface area (Å²) in [6.07, 6.45) is 11.1. The molecule has 0 bridgehead atoms. The number of hydrogen-bond acceptors (Lipinski definition) is 3. The number of aliphatic hydroxyl groups excluding tert-OH is 1. The topological polar surface area (TPSA) is 46.5 Å². The van der Waals surface area contributed by atoms with Crippen molar-refractivity contribution in [3.05, 3.63) is 12.2 Å². The van der Waals surface area contributed by atoms with Crippen molar-refractivity contribution in [2.45, 2.75) is 112 Å². The predicted molar refractivity (Wildman–Crippen MR) is 137 cm³/mol. The molecular formula is C31H50O3. The molecule has 0 saturated heterocycles. The summed E-state index contributed by atoms with van der Waals surface area (Å²) in [4.78, 5) is 13.3. The summed E-state index contributed by atoms with van der Waals surface area (Å²) in [5.41, 5.74) is 1.78. The first-order chi connectivity index (χ1) is 15.8. The first-order valence-corrected chi connectivity index (χ1v) is 14.2. The van der Waals surface area contributed by atoms with Crippen molar-refractivity contribution in [2.24, 2.45) is 56.7 Å². The van der Waals surface area contributed by atoms with Crippen LogP contribution in [0.2, 0.25) is 0 Å². The molecule has 0 radical (unpaired) electrons. The minimum atomic E-state index is -0.302. The van der Waals surface area contributed by atoms with Crippen molar-refractivity contribution >= 4 is 5.97 Å². The highest BCUT2D eigenvalue weighted by atomic mass is 16.5. The highest BCUT2D eigenvalue weighted by Gasteiger charge is 2.72. The minimum absolute atomic E-state index is 0.00478. The smallest absolute Gasteiger partial charge is 0.312 e. The fraction of sp³-hybridized carbons (Fsp3) is 0.903. The van der Waals surface area contributed by atoms with Gasteiger partial charge < -0.3 is 9.84 Å². The number of methoxy groups -OCH3 is 1. The quantitative estimate of drug-likeness (QED) is 0.343. The van der Waals surface area contributed by atoms with Crippen LogP contribution in [0, 0.1) is 56.7 Å². The average Bonchev–Trinajstić information content (AvgIpc) is 3.18. The van der Waals surface area contributed by atoms with Gasteiger partial charge >= 0.3 is 5.97 Å². The summed E-state index contributed by atoms with van der Waals surface area (Å²) in [5, 5.41) is 10.9. The third-order valence-electron chi connectivity index (χ3n) is 13.6. The molecule has 10 atom stereocenters. The molecule has 1 N–H and O–H groups in total. The van der Waals surface area contributed by atoms with Gasteiger partial charge in [-0.15, -0.1) is 0 Å². The molecule has 34 heavy (non-hydrogen) atoms. The van der Waals surface area contributed by atoms with E-state index in [1.165, 1.54) is 31.3 Å². The van der Waals surface area contributed by atoms with E-state index in [-0.39, 0.29) is 33.7 Å². The molecule has 3 heteroatoms. The number of ether oxygens (including phenoxy) is 1. The molecule has 1 unspecified atom stereocenters. The maximum absolute atomic E-state index is 13.3. The van der Waals surface area contributed by atoms with Crippen LogP contribution in [0.15, 0.2) is 12.2 Å². The normalized spacial score (nSPS) is 53.6. The van der Waals surface area contributed by atoms with Crippen molar-refractivity contribution in [2.75, 3.05) is 7.11 Å². The van der Waals surface area contributed by atoms with Crippen LogP contribution >= 0.6 is 0 Å². The van der Waals surface area contributed by atoms with Crippen molar-refractivity contribution in [3.8, 4) is 0 Å². The lowest BCUT2D eigenvalue weighted by Crippen LogP contribution is -2.67. The van der Waals surface area contributed by atoms with E-state index in [1.54, 1.807) is 7.11 Å². The Labute approximate surface area is 208 Å². The van der Waals surface area contributed by atoms with Gasteiger partial charge in [0.05, 0.1) is 18.6 Å². The highest BCUT2D eigenvalue weighted by Crippen LogP contribution is 2.77. The SMILES string of the molecule is C=C(C)[C@@H]1CCC2(C(=O)OC)CC[C@]3(C)[C@H](CC[C@@H]4[C@@]5(C)CC[C@H](O)C(C)(C)[C@@H]5CC[C@]43C)[C@@H]12. The van der Waals surface area contributed by atoms with Gasteiger partial charge in [0.1, 0.15) is 0 Å². The van der Waals surface area contributed by atoms with Crippen LogP contribution < -0.4 is 0 Å². The molecule has 5 aliphatic rings. The minimum Gasteiger partial charge on any atom is -0.469 e. The molecule has 5 fully saturated rings. The Morgan fingerprint density at radius 3 is 2.21 bits per heavy atom. The van der Waals surface area contributed by atoms with Gasteiger partial charge in [-0.05, 0) is 122 Å². The maximum atomic E-state index is 13.3. The molecule has 0 aromatic carbocycles. The summed E-state index contributed by atoms with van der Waals surface area (Å²) >= 11 is 0. The van der Waals surface area contributed by atoms with Crippen LogP contribution in [0.25, 0.3) is 0 Å². The second-order valence-corrected chi connectivity index (χ2v) is 14.7. The van der Waals surface area contributed by atoms with Crippen LogP contribution in [0.3, 0.4) is 0 Å². The third-order valence-corrected chi connectivity index (χ3v) is 13.6. The molecule has 192 valence electrons. The third kappa shape index (κ3) is 2.83. The van der Waals surface area contributed by atoms with E-state index in [1.807, 2.05) is 0 Å². The number of esters is 1. The van der Waals surface area contributed by atoms with Crippen LogP contribution in [-0.4, -0.2) is 24.3 Å². The van der Waals surface area contributed by atoms with Gasteiger partial charge in [0.25, 0.3) is 0 Å². The van der Waals surface area contributed by atoms with Gasteiger partial charge in [-0.2, -0.15) is 0 Å². The van der Waals surface area contributed by atoms with Crippen LogP contribution in [-0.2, 0) is 9.53 Å². The van der Waals surface area contributed by atoms with E-state index in [2.05, 4.69) is 48.1 Å². The Bertz CT molecular complexity index is 876. The number of carbonyl (C=O) groups excluding carboxylic acids is 1. The molecule has 5 saturated carbocycles. The zero-order valence-corrected chi connectivity index (χ0v) is 23.0. The zero-order valence-electron chi connectivity index (χ0n) is 23.0. The van der Waals surface area contributed by atoms with Crippen LogP contribution in [0.5, 0.6) is 0 Å². The lowest BCUT2D eigenvalue weighted by Gasteiger charge is -2.72. The van der Waals surface area contributed by atoms with E-state index in [0.717, 1.165) is 38.5 Å². The van der Waals surface area contributed by atoms with Gasteiger partial charge in [0.2, 0.25) is 0 Å². The number of rotatable bonds is 2. The van der Waals surface area contributed by atoms with Crippen molar-refractivity contribution in [1.82, 2.24) is 0 Å². The fourth-order valence-electron chi connectivity index (χ4n) is 11.7. The van der Waals surface area contributed by atoms with E-state index < -0.39 is 0 Å². The van der Waals surface area contributed by atoms with Gasteiger partial charge in [0, 0.05) is 0 Å². The number of carbonyl (C=O) groups is 1. The fourth-order valence-corrected chi connectivity index (χ4v) is 11.7. The Hall–Kier alpha value is -0.830. The van der Waals surface area contributed by atoms with E-state index in [0.29, 0.717) is 35.0 Å². The van der Waals surface area contributed by atoms with E-state index in [9.17, 15) is 9.90 Å². The van der Waals surface area contributed by atoms with E-state index >= 15 is 0 Å². The molecule has 5 aliphatic carbocycles. The Morgan fingerprint density at radius 1 is 0.853 bits per heavy atom. The average molecular weight is 471 g/mol. The molecule has 0 aromatic rings. The Morgan fingerprint density at radius 2 is 1.56 bits per heavy atom. The van der Waals surface area contributed by atoms with Crippen LogP contribution in [0.4, 0.5) is 0 Å². The van der Waals surface area contributed by atoms with Crippen molar-refractivity contribution < 1.29 is 14.6 Å². The second kappa shape index (κ2) is 7.59. The van der Waals surface area contributed by atoms with Gasteiger partial charge in [-0.1, -0.05) is 46.8 Å². The lowest BCUT2D eigenvalue weighted by atomic mass is 9.32. The largest absolute Gasteiger partial charge is 0.469 e. The molecule has 0 aliphatic heterocycles. The summed E-state index contributed by atoms with van der Waals surface area (Å²) in [7, 11) is 1.59. The lowest BCUT2D eigenvalue weighted by molar-refractivity contribution is -0.248. The second-order valence-electron chi connectivity index (χ2n) is 14.7. The maximum Gasteiger partial charge on any atom is 0.312 e. The predicted octanol–water partition coefficient (Wildman–Crippen LogP) is 7.18. The molecule has 5 rings (SSSR count). The Balaban J connectivity index is 1.56. The van der Waals surface area contributed by atoms with Crippen LogP contribution in [0.1, 0.15) is 106 Å². The first kappa shape index (κ1) is 24.8. The van der Waals surface area contributed by atoms with Gasteiger partial charge in [0.15, 0.2) is 0 Å². The summed E-state index contributed by atoms with van der Waals surface area (Å²) < 4.78 is 5.49. The monoisotopic (exact) mass is 470 g/mol. The summed E-state index contributed by atoms with van der Waals surface area (Å²) in [6, 6.07) is 0. The molecule has 0 heterocycles. The van der Waals surface area contributed by atoms with Crippen molar-refractivity contribution in [3.63, 3.8) is 0 Å². The number of aliphatic hydroxyl groups is 1. The summed E-state index contributed by atoms with van der Waals surface area (Å²) in [6.45, 7) is 19.1. The standard InChI is InChI=1S/C31H50O3/c1-19(2)20-11-16-31(26(33)34-8)18-17-29(6)21(25(20)31)9-10-23-28(5)14-13-24(32)27(3,4)22(28)12-15-30(23,29)7/h20-25,32H,1,9-18H2,2-8H3/t20-,21+,22-,23+,24-,25+,28-,29+,30+,31?/m0/s1. The molecule has 3 nitrogen and oxygen atoms in total.